The van der Waals surface area contributed by atoms with Crippen LogP contribution in [0.3, 0.4) is 0 Å². The number of carbonyl (C=O) groups excluding carboxylic acids is 3. The molecule has 0 aliphatic rings. The van der Waals surface area contributed by atoms with Gasteiger partial charge in [0.2, 0.25) is 0 Å². The Hall–Kier alpha value is -3.66. The molecule has 0 aliphatic carbocycles. The number of hydrogen-bond acceptors (Lipinski definition) is 7. The van der Waals surface area contributed by atoms with Crippen LogP contribution in [0.4, 0.5) is 9.59 Å². The molecular weight excluding hydrogens is 476 g/mol. The van der Waals surface area contributed by atoms with Gasteiger partial charge >= 0.3 is 18.1 Å². The second kappa shape index (κ2) is 16.0. The molecule has 2 aromatic rings. The van der Waals surface area contributed by atoms with Gasteiger partial charge in [-0.3, -0.25) is 0 Å². The lowest BCUT2D eigenvalue weighted by Crippen LogP contribution is -2.47. The number of unbranched alkanes of at least 4 members (excludes halogenated alkanes) is 1. The van der Waals surface area contributed by atoms with E-state index in [4.69, 9.17) is 21.1 Å². The molecule has 0 saturated carbocycles. The van der Waals surface area contributed by atoms with Crippen LogP contribution in [0.5, 0.6) is 0 Å². The van der Waals surface area contributed by atoms with E-state index in [1.165, 1.54) is 0 Å². The van der Waals surface area contributed by atoms with Gasteiger partial charge in [0.25, 0.3) is 0 Å². The van der Waals surface area contributed by atoms with E-state index in [0.717, 1.165) is 11.1 Å². The zero-order valence-electron chi connectivity index (χ0n) is 19.2. The van der Waals surface area contributed by atoms with Gasteiger partial charge in [-0.05, 0) is 30.4 Å². The Morgan fingerprint density at radius 3 is 2.09 bits per heavy atom. The number of carbonyl (C=O) groups is 3. The summed E-state index contributed by atoms with van der Waals surface area (Å²) < 4.78 is 10.5. The highest BCUT2D eigenvalue weighted by molar-refractivity contribution is 6.18. The summed E-state index contributed by atoms with van der Waals surface area (Å²) in [5.74, 6) is -0.636. The average Bonchev–Trinajstić information content (AvgIpc) is 2.89. The lowest BCUT2D eigenvalue weighted by molar-refractivity contribution is -0.147. The maximum absolute atomic E-state index is 12.6. The zero-order chi connectivity index (χ0) is 25.3. The predicted molar refractivity (Wildman–Crippen MR) is 130 cm³/mol. The molecule has 0 radical (unpaired) electrons. The first-order chi connectivity index (χ1) is 17.0. The number of amides is 3. The van der Waals surface area contributed by atoms with E-state index in [-0.39, 0.29) is 32.1 Å². The van der Waals surface area contributed by atoms with Crippen molar-refractivity contribution in [1.82, 2.24) is 15.6 Å². The Bertz CT molecular complexity index is 932. The summed E-state index contributed by atoms with van der Waals surface area (Å²) in [6, 6.07) is 16.6. The van der Waals surface area contributed by atoms with Crippen LogP contribution in [-0.4, -0.2) is 48.1 Å². The van der Waals surface area contributed by atoms with Crippen LogP contribution < -0.4 is 10.6 Å². The molecule has 188 valence electrons. The van der Waals surface area contributed by atoms with Crippen LogP contribution in [-0.2, 0) is 27.5 Å². The van der Waals surface area contributed by atoms with Crippen molar-refractivity contribution in [1.29, 1.82) is 0 Å². The Balaban J connectivity index is 1.80. The smallest absolute Gasteiger partial charge is 0.407 e. The Morgan fingerprint density at radius 1 is 0.914 bits per heavy atom. The maximum Gasteiger partial charge on any atom is 0.407 e. The first kappa shape index (κ1) is 27.6. The minimum absolute atomic E-state index is 0.00826. The number of halogens is 1. The van der Waals surface area contributed by atoms with Gasteiger partial charge in [-0.2, -0.15) is 5.01 Å². The molecule has 2 aromatic carbocycles. The van der Waals surface area contributed by atoms with Crippen molar-refractivity contribution in [3.05, 3.63) is 76.7 Å². The van der Waals surface area contributed by atoms with Crippen molar-refractivity contribution in [2.45, 2.75) is 38.5 Å². The van der Waals surface area contributed by atoms with Gasteiger partial charge in [-0.15, -0.1) is 16.5 Å². The van der Waals surface area contributed by atoms with Crippen molar-refractivity contribution in [2.24, 2.45) is 5.29 Å². The first-order valence-corrected chi connectivity index (χ1v) is 11.7. The third-order valence-electron chi connectivity index (χ3n) is 4.84. The zero-order valence-corrected chi connectivity index (χ0v) is 20.0. The minimum atomic E-state index is -1.00. The molecule has 0 spiro atoms. The minimum Gasteiger partial charge on any atom is -0.459 e. The summed E-state index contributed by atoms with van der Waals surface area (Å²) in [6.07, 6.45) is 0.688. The monoisotopic (exact) mass is 504 g/mol. The Morgan fingerprint density at radius 2 is 1.51 bits per heavy atom. The fourth-order valence-electron chi connectivity index (χ4n) is 3.00. The first-order valence-electron chi connectivity index (χ1n) is 11.2. The topological polar surface area (TPSA) is 126 Å². The summed E-state index contributed by atoms with van der Waals surface area (Å²) in [5.41, 5.74) is 1.67. The van der Waals surface area contributed by atoms with E-state index in [9.17, 15) is 19.3 Å². The summed E-state index contributed by atoms with van der Waals surface area (Å²) in [4.78, 5) is 47.7. The number of nitroso groups, excluding NO2 is 1. The largest absolute Gasteiger partial charge is 0.459 e. The molecular formula is C24H29ClN4O6. The van der Waals surface area contributed by atoms with Gasteiger partial charge in [0.1, 0.15) is 19.3 Å². The van der Waals surface area contributed by atoms with E-state index >= 15 is 0 Å². The molecule has 2 N–H and O–H groups in total. The van der Waals surface area contributed by atoms with Crippen LogP contribution in [0.2, 0.25) is 0 Å². The fraction of sp³-hybridized carbons (Fsp3) is 0.375. The van der Waals surface area contributed by atoms with E-state index in [1.807, 2.05) is 60.7 Å². The number of benzene rings is 2. The van der Waals surface area contributed by atoms with Crippen LogP contribution >= 0.6 is 11.6 Å². The fourth-order valence-corrected chi connectivity index (χ4v) is 3.16. The van der Waals surface area contributed by atoms with Gasteiger partial charge in [-0.25, -0.2) is 14.4 Å². The standard InChI is InChI=1S/C24H29ClN4O6/c25-14-16-29(28-33)23(31)27-21(22(30)34-17-19-9-3-1-4-10-19)13-7-8-15-26-24(32)35-18-20-11-5-2-6-12-20/h1-6,9-12,21H,7-8,13-18H2,(H,26,32)(H,27,31). The highest BCUT2D eigenvalue weighted by Crippen LogP contribution is 2.08. The maximum atomic E-state index is 12.6. The third-order valence-corrected chi connectivity index (χ3v) is 5.01. The number of alkyl carbamates (subject to hydrolysis) is 1. The van der Waals surface area contributed by atoms with Crippen LogP contribution in [0.1, 0.15) is 30.4 Å². The summed E-state index contributed by atoms with van der Waals surface area (Å²) >= 11 is 5.58. The number of esters is 1. The molecule has 11 heteroatoms. The molecule has 0 heterocycles. The van der Waals surface area contributed by atoms with E-state index in [0.29, 0.717) is 24.4 Å². The molecule has 10 nitrogen and oxygen atoms in total. The van der Waals surface area contributed by atoms with Crippen molar-refractivity contribution < 1.29 is 23.9 Å². The molecule has 3 amide bonds. The lowest BCUT2D eigenvalue weighted by Gasteiger charge is -2.20. The van der Waals surface area contributed by atoms with Crippen molar-refractivity contribution in [3.63, 3.8) is 0 Å². The number of ether oxygens (including phenoxy) is 2. The summed E-state index contributed by atoms with van der Waals surface area (Å²) in [5, 5.41) is 8.35. The second-order valence-electron chi connectivity index (χ2n) is 7.47. The number of nitrogens with one attached hydrogen (secondary N) is 2. The van der Waals surface area contributed by atoms with Gasteiger partial charge in [0, 0.05) is 12.4 Å². The van der Waals surface area contributed by atoms with Crippen molar-refractivity contribution in [3.8, 4) is 0 Å². The Kier molecular flexibility index (Phi) is 12.6. The van der Waals surface area contributed by atoms with Crippen molar-refractivity contribution >= 4 is 29.7 Å². The van der Waals surface area contributed by atoms with Crippen LogP contribution in [0.15, 0.2) is 65.9 Å². The molecule has 0 saturated heterocycles. The molecule has 0 fully saturated rings. The normalized spacial score (nSPS) is 11.1. The highest BCUT2D eigenvalue weighted by Gasteiger charge is 2.25. The van der Waals surface area contributed by atoms with Gasteiger partial charge < -0.3 is 20.1 Å². The predicted octanol–water partition coefficient (Wildman–Crippen LogP) is 4.13. The van der Waals surface area contributed by atoms with E-state index in [2.05, 4.69) is 15.9 Å². The van der Waals surface area contributed by atoms with Gasteiger partial charge in [-0.1, -0.05) is 60.7 Å². The van der Waals surface area contributed by atoms with Crippen LogP contribution in [0.25, 0.3) is 0 Å². The summed E-state index contributed by atoms with van der Waals surface area (Å²) in [6.45, 7) is 0.426. The van der Waals surface area contributed by atoms with Gasteiger partial charge in [0.15, 0.2) is 0 Å². The lowest BCUT2D eigenvalue weighted by atomic mass is 10.1. The Labute approximate surface area is 208 Å². The SMILES string of the molecule is O=NN(CCCl)C(=O)NC(CCCCNC(=O)OCc1ccccc1)C(=O)OCc1ccccc1. The summed E-state index contributed by atoms with van der Waals surface area (Å²) in [7, 11) is 0. The number of nitrogens with zero attached hydrogens (tertiary/aromatic N) is 2. The molecule has 1 atom stereocenters. The van der Waals surface area contributed by atoms with Crippen LogP contribution in [0, 0.1) is 4.91 Å². The average molecular weight is 505 g/mol. The molecule has 0 aliphatic heterocycles. The second-order valence-corrected chi connectivity index (χ2v) is 7.85. The molecule has 2 rings (SSSR count). The highest BCUT2D eigenvalue weighted by atomic mass is 35.5. The third kappa shape index (κ3) is 10.9. The number of rotatable bonds is 14. The van der Waals surface area contributed by atoms with Crippen molar-refractivity contribution in [2.75, 3.05) is 19.0 Å². The van der Waals surface area contributed by atoms with E-state index in [1.54, 1.807) is 0 Å². The number of urea groups is 1. The van der Waals surface area contributed by atoms with E-state index < -0.39 is 24.1 Å². The quantitative estimate of drug-likeness (QED) is 0.131. The van der Waals surface area contributed by atoms with Gasteiger partial charge in [0.05, 0.1) is 11.8 Å². The number of hydrogen-bond donors (Lipinski definition) is 2. The molecule has 0 bridgehead atoms. The molecule has 35 heavy (non-hydrogen) atoms. The molecule has 1 unspecified atom stereocenters. The number of alkyl halides is 1. The molecule has 0 aromatic heterocycles.